The molecule has 0 aliphatic rings. The Balaban J connectivity index is 2.17. The average Bonchev–Trinajstić information content (AvgIpc) is 2.46. The van der Waals surface area contributed by atoms with Gasteiger partial charge in [-0.05, 0) is 30.2 Å². The summed E-state index contributed by atoms with van der Waals surface area (Å²) in [5, 5.41) is 3.15. The van der Waals surface area contributed by atoms with Crippen LogP contribution in [0, 0.1) is 0 Å². The van der Waals surface area contributed by atoms with Crippen molar-refractivity contribution in [1.29, 1.82) is 0 Å². The highest BCUT2D eigenvalue weighted by Crippen LogP contribution is 2.19. The van der Waals surface area contributed by atoms with Crippen LogP contribution in [0.25, 0.3) is 10.8 Å². The largest absolute Gasteiger partial charge is 0.340 e. The topological polar surface area (TPSA) is 20.3 Å². The van der Waals surface area contributed by atoms with Gasteiger partial charge in [-0.15, -0.1) is 0 Å². The van der Waals surface area contributed by atoms with E-state index in [1.807, 2.05) is 30.1 Å². The molecule has 0 saturated heterocycles. The van der Waals surface area contributed by atoms with E-state index in [1.54, 1.807) is 0 Å². The number of carbonyl (C=O) groups excluding carboxylic acids is 1. The van der Waals surface area contributed by atoms with E-state index in [2.05, 4.69) is 54.0 Å². The van der Waals surface area contributed by atoms with Crippen LogP contribution in [0.1, 0.15) is 19.4 Å². The fraction of sp³-hybridized carbons (Fsp3) is 0.353. The van der Waals surface area contributed by atoms with E-state index in [0.29, 0.717) is 6.42 Å². The summed E-state index contributed by atoms with van der Waals surface area (Å²) >= 11 is 3.46. The Hall–Kier alpha value is -1.35. The lowest BCUT2D eigenvalue weighted by Gasteiger charge is -2.34. The zero-order valence-electron chi connectivity index (χ0n) is 12.2. The lowest BCUT2D eigenvalue weighted by Crippen LogP contribution is -2.46. The quantitative estimate of drug-likeness (QED) is 0.774. The second-order valence-electron chi connectivity index (χ2n) is 5.76. The highest BCUT2D eigenvalue weighted by Gasteiger charge is 2.26. The number of halogens is 1. The summed E-state index contributed by atoms with van der Waals surface area (Å²) in [4.78, 5) is 14.2. The van der Waals surface area contributed by atoms with Gasteiger partial charge in [-0.2, -0.15) is 0 Å². The Morgan fingerprint density at radius 2 is 1.80 bits per heavy atom. The predicted molar refractivity (Wildman–Crippen MR) is 88.3 cm³/mol. The molecule has 3 heteroatoms. The van der Waals surface area contributed by atoms with Crippen molar-refractivity contribution in [3.05, 3.63) is 48.0 Å². The van der Waals surface area contributed by atoms with E-state index < -0.39 is 0 Å². The maximum atomic E-state index is 12.4. The highest BCUT2D eigenvalue weighted by atomic mass is 79.9. The van der Waals surface area contributed by atoms with Crippen LogP contribution in [0.4, 0.5) is 0 Å². The first-order chi connectivity index (χ1) is 9.44. The number of likely N-dealkylation sites (N-methyl/N-ethyl adjacent to an activating group) is 1. The Morgan fingerprint density at radius 3 is 2.45 bits per heavy atom. The van der Waals surface area contributed by atoms with Gasteiger partial charge in [-0.1, -0.05) is 58.4 Å². The van der Waals surface area contributed by atoms with Crippen LogP contribution < -0.4 is 0 Å². The van der Waals surface area contributed by atoms with Crippen molar-refractivity contribution in [3.8, 4) is 0 Å². The summed E-state index contributed by atoms with van der Waals surface area (Å²) in [5.74, 6) is 0.143. The zero-order chi connectivity index (χ0) is 14.8. The van der Waals surface area contributed by atoms with Crippen molar-refractivity contribution in [2.45, 2.75) is 25.8 Å². The molecular formula is C17H20BrNO. The second kappa shape index (κ2) is 5.96. The van der Waals surface area contributed by atoms with Gasteiger partial charge in [-0.3, -0.25) is 4.79 Å². The molecule has 0 N–H and O–H groups in total. The summed E-state index contributed by atoms with van der Waals surface area (Å²) in [7, 11) is 1.87. The Labute approximate surface area is 128 Å². The molecule has 2 rings (SSSR count). The molecule has 0 spiro atoms. The van der Waals surface area contributed by atoms with Gasteiger partial charge in [0, 0.05) is 17.9 Å². The van der Waals surface area contributed by atoms with E-state index in [0.717, 1.165) is 10.9 Å². The van der Waals surface area contributed by atoms with Crippen molar-refractivity contribution >= 4 is 32.6 Å². The summed E-state index contributed by atoms with van der Waals surface area (Å²) in [6.07, 6.45) is 0.442. The molecule has 2 nitrogen and oxygen atoms in total. The van der Waals surface area contributed by atoms with Gasteiger partial charge < -0.3 is 4.90 Å². The molecule has 0 fully saturated rings. The second-order valence-corrected chi connectivity index (χ2v) is 6.32. The minimum absolute atomic E-state index is 0.143. The number of alkyl halides is 1. The fourth-order valence-corrected chi connectivity index (χ4v) is 2.45. The average molecular weight is 334 g/mol. The molecule has 20 heavy (non-hydrogen) atoms. The fourth-order valence-electron chi connectivity index (χ4n) is 2.07. The first kappa shape index (κ1) is 15.0. The zero-order valence-corrected chi connectivity index (χ0v) is 13.8. The van der Waals surface area contributed by atoms with Crippen LogP contribution in [0.5, 0.6) is 0 Å². The van der Waals surface area contributed by atoms with Gasteiger partial charge in [0.25, 0.3) is 0 Å². The molecule has 0 bridgehead atoms. The third kappa shape index (κ3) is 3.21. The lowest BCUT2D eigenvalue weighted by molar-refractivity contribution is -0.133. The SMILES string of the molecule is CN(C(=O)Cc1ccc2ccccc2c1)C(C)(C)CBr. The van der Waals surface area contributed by atoms with Gasteiger partial charge in [0.2, 0.25) is 5.91 Å². The molecule has 0 radical (unpaired) electrons. The molecule has 2 aromatic rings. The number of amides is 1. The molecule has 0 heterocycles. The van der Waals surface area contributed by atoms with Gasteiger partial charge >= 0.3 is 0 Å². The van der Waals surface area contributed by atoms with E-state index in [4.69, 9.17) is 0 Å². The van der Waals surface area contributed by atoms with Crippen molar-refractivity contribution in [1.82, 2.24) is 4.90 Å². The molecule has 106 valence electrons. The number of hydrogen-bond donors (Lipinski definition) is 0. The number of fused-ring (bicyclic) bond motifs is 1. The number of carbonyl (C=O) groups is 1. The Kier molecular flexibility index (Phi) is 4.48. The van der Waals surface area contributed by atoms with Crippen LogP contribution in [0.2, 0.25) is 0 Å². The third-order valence-corrected chi connectivity index (χ3v) is 5.15. The van der Waals surface area contributed by atoms with Crippen LogP contribution >= 0.6 is 15.9 Å². The molecule has 0 saturated carbocycles. The maximum Gasteiger partial charge on any atom is 0.227 e. The van der Waals surface area contributed by atoms with Crippen molar-refractivity contribution in [2.24, 2.45) is 0 Å². The van der Waals surface area contributed by atoms with Crippen LogP contribution in [0.15, 0.2) is 42.5 Å². The lowest BCUT2D eigenvalue weighted by atomic mass is 10.0. The van der Waals surface area contributed by atoms with E-state index >= 15 is 0 Å². The van der Waals surface area contributed by atoms with E-state index in [-0.39, 0.29) is 11.4 Å². The standard InChI is InChI=1S/C17H20BrNO/c1-17(2,12-18)19(3)16(20)11-13-8-9-14-6-4-5-7-15(14)10-13/h4-10H,11-12H2,1-3H3. The van der Waals surface area contributed by atoms with Crippen LogP contribution in [0.3, 0.4) is 0 Å². The van der Waals surface area contributed by atoms with Gasteiger partial charge in [0.05, 0.1) is 6.42 Å². The van der Waals surface area contributed by atoms with Gasteiger partial charge in [0.1, 0.15) is 0 Å². The van der Waals surface area contributed by atoms with Crippen LogP contribution in [-0.2, 0) is 11.2 Å². The Morgan fingerprint density at radius 1 is 1.15 bits per heavy atom. The third-order valence-electron chi connectivity index (χ3n) is 3.78. The molecule has 0 atom stereocenters. The van der Waals surface area contributed by atoms with Gasteiger partial charge in [0.15, 0.2) is 0 Å². The molecule has 2 aromatic carbocycles. The molecule has 1 amide bonds. The number of hydrogen-bond acceptors (Lipinski definition) is 1. The van der Waals surface area contributed by atoms with Crippen molar-refractivity contribution in [3.63, 3.8) is 0 Å². The smallest absolute Gasteiger partial charge is 0.227 e. The van der Waals surface area contributed by atoms with Crippen molar-refractivity contribution < 1.29 is 4.79 Å². The molecule has 0 aromatic heterocycles. The van der Waals surface area contributed by atoms with Crippen molar-refractivity contribution in [2.75, 3.05) is 12.4 Å². The molecular weight excluding hydrogens is 314 g/mol. The first-order valence-corrected chi connectivity index (χ1v) is 7.86. The molecule has 0 unspecified atom stereocenters. The number of benzene rings is 2. The minimum atomic E-state index is -0.173. The van der Waals surface area contributed by atoms with Gasteiger partial charge in [-0.25, -0.2) is 0 Å². The molecule has 0 aliphatic carbocycles. The summed E-state index contributed by atoms with van der Waals surface area (Å²) < 4.78 is 0. The first-order valence-electron chi connectivity index (χ1n) is 6.74. The Bertz CT molecular complexity index is 621. The monoisotopic (exact) mass is 333 g/mol. The summed E-state index contributed by atoms with van der Waals surface area (Å²) in [6, 6.07) is 14.4. The van der Waals surface area contributed by atoms with Crippen LogP contribution in [-0.4, -0.2) is 28.7 Å². The summed E-state index contributed by atoms with van der Waals surface area (Å²) in [6.45, 7) is 4.11. The highest BCUT2D eigenvalue weighted by molar-refractivity contribution is 9.09. The predicted octanol–water partition coefficient (Wildman–Crippen LogP) is 4.01. The molecule has 0 aliphatic heterocycles. The van der Waals surface area contributed by atoms with E-state index in [9.17, 15) is 4.79 Å². The van der Waals surface area contributed by atoms with E-state index in [1.165, 1.54) is 10.8 Å². The normalized spacial score (nSPS) is 11.6. The number of rotatable bonds is 4. The number of nitrogens with zero attached hydrogens (tertiary/aromatic N) is 1. The minimum Gasteiger partial charge on any atom is -0.340 e. The summed E-state index contributed by atoms with van der Waals surface area (Å²) in [5.41, 5.74) is 0.888. The maximum absolute atomic E-state index is 12.4.